The van der Waals surface area contributed by atoms with Gasteiger partial charge in [0.25, 0.3) is 0 Å². The first kappa shape index (κ1) is 14.5. The van der Waals surface area contributed by atoms with Crippen molar-refractivity contribution in [2.24, 2.45) is 0 Å². The van der Waals surface area contributed by atoms with E-state index in [0.29, 0.717) is 5.30 Å². The molecule has 0 amide bonds. The van der Waals surface area contributed by atoms with Crippen molar-refractivity contribution in [2.45, 2.75) is 52.4 Å². The van der Waals surface area contributed by atoms with Crippen molar-refractivity contribution in [2.75, 3.05) is 0 Å². The van der Waals surface area contributed by atoms with Crippen molar-refractivity contribution >= 4 is 14.1 Å². The van der Waals surface area contributed by atoms with Crippen LogP contribution in [0, 0.1) is 0 Å². The molecule has 17 heavy (non-hydrogen) atoms. The Labute approximate surface area is 106 Å². The first-order valence-electron chi connectivity index (χ1n) is 5.90. The summed E-state index contributed by atoms with van der Waals surface area (Å²) in [6.45, 7) is 12.5. The van der Waals surface area contributed by atoms with Gasteiger partial charge in [-0.05, 0) is 31.3 Å². The lowest BCUT2D eigenvalue weighted by Gasteiger charge is -2.26. The van der Waals surface area contributed by atoms with Crippen molar-refractivity contribution < 1.29 is 10.00 Å². The second-order valence-electron chi connectivity index (χ2n) is 6.58. The highest BCUT2D eigenvalue weighted by atomic mass is 31.1. The molecule has 0 heterocycles. The zero-order chi connectivity index (χ0) is 13.4. The largest absolute Gasteiger partial charge is 0.679 e. The Hall–Kier alpha value is -0.590. The van der Waals surface area contributed by atoms with Crippen LogP contribution in [-0.4, -0.2) is 5.11 Å². The maximum Gasteiger partial charge on any atom is 0.161 e. The van der Waals surface area contributed by atoms with Crippen LogP contribution in [0.5, 0.6) is 5.75 Å². The number of hydrogen-bond donors (Lipinski definition) is 1. The molecule has 0 radical (unpaired) electrons. The summed E-state index contributed by atoms with van der Waals surface area (Å²) in [6, 6.07) is 3.90. The van der Waals surface area contributed by atoms with Gasteiger partial charge in [0.15, 0.2) is 5.75 Å². The molecule has 3 heteroatoms. The van der Waals surface area contributed by atoms with Gasteiger partial charge in [-0.15, -0.1) is 0 Å². The second kappa shape index (κ2) is 4.59. The highest BCUT2D eigenvalue weighted by Gasteiger charge is 2.25. The van der Waals surface area contributed by atoms with E-state index in [1.165, 1.54) is 0 Å². The third kappa shape index (κ3) is 3.20. The van der Waals surface area contributed by atoms with Crippen LogP contribution in [-0.2, 0) is 10.8 Å². The maximum absolute atomic E-state index is 11.2. The van der Waals surface area contributed by atoms with E-state index in [-0.39, 0.29) is 16.6 Å². The zero-order valence-electron chi connectivity index (χ0n) is 11.6. The van der Waals surface area contributed by atoms with Gasteiger partial charge in [-0.1, -0.05) is 47.6 Å². The van der Waals surface area contributed by atoms with Gasteiger partial charge in [0.2, 0.25) is 0 Å². The standard InChI is InChI=1S/C14H23O2P/c1-13(2,3)9-7-10(14(4,5)6)12(15)11(8-9)17-16/h7-8,15H,17H2,1-6H3. The topological polar surface area (TPSA) is 43.3 Å². The molecule has 0 saturated carbocycles. The van der Waals surface area contributed by atoms with E-state index in [4.69, 9.17) is 0 Å². The molecule has 1 N–H and O–H groups in total. The summed E-state index contributed by atoms with van der Waals surface area (Å²) in [6.07, 6.45) is 0. The van der Waals surface area contributed by atoms with Crippen molar-refractivity contribution in [3.63, 3.8) is 0 Å². The van der Waals surface area contributed by atoms with E-state index in [1.807, 2.05) is 12.1 Å². The lowest BCUT2D eigenvalue weighted by molar-refractivity contribution is -0.147. The fourth-order valence-corrected chi connectivity index (χ4v) is 2.27. The number of hydrogen-bond acceptors (Lipinski definition) is 2. The minimum Gasteiger partial charge on any atom is -0.679 e. The van der Waals surface area contributed by atoms with E-state index in [9.17, 15) is 10.00 Å². The average molecular weight is 254 g/mol. The monoisotopic (exact) mass is 254 g/mol. The molecule has 0 aliphatic heterocycles. The number of aromatic hydroxyl groups is 1. The Morgan fingerprint density at radius 3 is 1.88 bits per heavy atom. The van der Waals surface area contributed by atoms with Crippen LogP contribution in [0.1, 0.15) is 52.7 Å². The maximum atomic E-state index is 11.2. The van der Waals surface area contributed by atoms with E-state index < -0.39 is 8.81 Å². The van der Waals surface area contributed by atoms with E-state index in [0.717, 1.165) is 11.1 Å². The molecule has 1 aromatic carbocycles. The Balaban J connectivity index is 3.50. The van der Waals surface area contributed by atoms with Gasteiger partial charge in [-0.25, -0.2) is 0 Å². The SMILES string of the molecule is CC(C)(C)c1cc([PH2+][O-])c(O)c(C(C)(C)C)c1. The fourth-order valence-electron chi connectivity index (χ4n) is 1.75. The number of rotatable bonds is 1. The van der Waals surface area contributed by atoms with Crippen LogP contribution in [0.4, 0.5) is 0 Å². The molecular weight excluding hydrogens is 231 g/mol. The average Bonchev–Trinajstić information content (AvgIpc) is 2.14. The summed E-state index contributed by atoms with van der Waals surface area (Å²) in [5.41, 5.74) is 1.85. The fraction of sp³-hybridized carbons (Fsp3) is 0.571. The third-order valence-corrected chi connectivity index (χ3v) is 3.63. The van der Waals surface area contributed by atoms with Crippen molar-refractivity contribution in [1.82, 2.24) is 0 Å². The molecule has 96 valence electrons. The highest BCUT2D eigenvalue weighted by Crippen LogP contribution is 2.35. The van der Waals surface area contributed by atoms with E-state index in [2.05, 4.69) is 41.5 Å². The Morgan fingerprint density at radius 1 is 1.00 bits per heavy atom. The van der Waals surface area contributed by atoms with Gasteiger partial charge in [-0.3, -0.25) is 0 Å². The van der Waals surface area contributed by atoms with Gasteiger partial charge < -0.3 is 10.00 Å². The van der Waals surface area contributed by atoms with Crippen LogP contribution in [0.25, 0.3) is 0 Å². The molecule has 1 atom stereocenters. The van der Waals surface area contributed by atoms with Crippen LogP contribution in [0.2, 0.25) is 0 Å². The molecule has 0 bridgehead atoms. The lowest BCUT2D eigenvalue weighted by Crippen LogP contribution is -2.20. The van der Waals surface area contributed by atoms with Crippen molar-refractivity contribution in [3.8, 4) is 5.75 Å². The Kier molecular flexibility index (Phi) is 3.91. The molecule has 0 spiro atoms. The highest BCUT2D eigenvalue weighted by molar-refractivity contribution is 7.39. The number of phenols is 1. The zero-order valence-corrected chi connectivity index (χ0v) is 12.7. The number of benzene rings is 1. The molecule has 0 saturated heterocycles. The minimum atomic E-state index is -1.11. The molecular formula is C14H23O2P. The molecule has 1 unspecified atom stereocenters. The normalized spacial score (nSPS) is 13.6. The van der Waals surface area contributed by atoms with Crippen molar-refractivity contribution in [3.05, 3.63) is 23.3 Å². The first-order chi connectivity index (χ1) is 7.57. The Bertz CT molecular complexity index is 411. The van der Waals surface area contributed by atoms with E-state index >= 15 is 0 Å². The Morgan fingerprint density at radius 2 is 1.53 bits per heavy atom. The summed E-state index contributed by atoms with van der Waals surface area (Å²) >= 11 is 0. The van der Waals surface area contributed by atoms with Gasteiger partial charge >= 0.3 is 0 Å². The summed E-state index contributed by atoms with van der Waals surface area (Å²) in [7, 11) is -1.11. The summed E-state index contributed by atoms with van der Waals surface area (Å²) in [4.78, 5) is 11.2. The van der Waals surface area contributed by atoms with Crippen molar-refractivity contribution in [1.29, 1.82) is 0 Å². The molecule has 0 aliphatic carbocycles. The summed E-state index contributed by atoms with van der Waals surface area (Å²) in [5, 5.41) is 10.7. The van der Waals surface area contributed by atoms with Gasteiger partial charge in [-0.2, -0.15) is 0 Å². The molecule has 0 aromatic heterocycles. The molecule has 2 nitrogen and oxygen atoms in total. The minimum absolute atomic E-state index is 0.00292. The molecule has 0 aliphatic rings. The molecule has 1 aromatic rings. The van der Waals surface area contributed by atoms with Crippen LogP contribution in [0.15, 0.2) is 12.1 Å². The molecule has 1 rings (SSSR count). The predicted octanol–water partition coefficient (Wildman–Crippen LogP) is 2.30. The third-order valence-electron chi connectivity index (χ3n) is 2.94. The van der Waals surface area contributed by atoms with Gasteiger partial charge in [0.1, 0.15) is 5.30 Å². The smallest absolute Gasteiger partial charge is 0.161 e. The summed E-state index contributed by atoms with van der Waals surface area (Å²) in [5.74, 6) is 0.204. The second-order valence-corrected chi connectivity index (χ2v) is 7.44. The quantitative estimate of drug-likeness (QED) is 0.781. The van der Waals surface area contributed by atoms with Crippen LogP contribution >= 0.6 is 8.81 Å². The molecule has 0 fully saturated rings. The lowest BCUT2D eigenvalue weighted by atomic mass is 9.80. The number of phenolic OH excluding ortho intramolecular Hbond substituents is 1. The van der Waals surface area contributed by atoms with Gasteiger partial charge in [0, 0.05) is 5.56 Å². The van der Waals surface area contributed by atoms with E-state index in [1.54, 1.807) is 0 Å². The first-order valence-corrected chi connectivity index (χ1v) is 6.95. The summed E-state index contributed by atoms with van der Waals surface area (Å²) < 4.78 is 0. The van der Waals surface area contributed by atoms with Crippen LogP contribution < -0.4 is 10.2 Å². The predicted molar refractivity (Wildman–Crippen MR) is 74.9 cm³/mol. The van der Waals surface area contributed by atoms with Crippen LogP contribution in [0.3, 0.4) is 0 Å². The van der Waals surface area contributed by atoms with Gasteiger partial charge in [0.05, 0.1) is 0 Å².